The summed E-state index contributed by atoms with van der Waals surface area (Å²) < 4.78 is 7.02. The SMILES string of the molecule is [2H]N1C(O)CCCC1O. The molecule has 0 spiro atoms. The Morgan fingerprint density at radius 2 is 1.88 bits per heavy atom. The van der Waals surface area contributed by atoms with E-state index in [1.165, 1.54) is 0 Å². The lowest BCUT2D eigenvalue weighted by atomic mass is 10.1. The monoisotopic (exact) mass is 118 g/mol. The van der Waals surface area contributed by atoms with E-state index in [-0.39, 0.29) is 0 Å². The molecule has 0 radical (unpaired) electrons. The van der Waals surface area contributed by atoms with Crippen LogP contribution in [0.5, 0.6) is 0 Å². The molecule has 1 aliphatic rings. The van der Waals surface area contributed by atoms with Crippen molar-refractivity contribution in [3.05, 3.63) is 0 Å². The van der Waals surface area contributed by atoms with Crippen molar-refractivity contribution in [3.8, 4) is 0 Å². The zero-order valence-corrected chi connectivity index (χ0v) is 4.62. The van der Waals surface area contributed by atoms with Crippen molar-refractivity contribution >= 4 is 0 Å². The van der Waals surface area contributed by atoms with Crippen LogP contribution in [0.25, 0.3) is 0 Å². The van der Waals surface area contributed by atoms with E-state index in [9.17, 15) is 0 Å². The van der Waals surface area contributed by atoms with Gasteiger partial charge in [-0.25, -0.2) is 0 Å². The second-order valence-electron chi connectivity index (χ2n) is 2.04. The predicted molar refractivity (Wildman–Crippen MR) is 29.0 cm³/mol. The van der Waals surface area contributed by atoms with E-state index in [2.05, 4.69) is 0 Å². The van der Waals surface area contributed by atoms with Gasteiger partial charge in [0.1, 0.15) is 13.9 Å². The Balaban J connectivity index is 2.41. The summed E-state index contributed by atoms with van der Waals surface area (Å²) in [5, 5.41) is 18.7. The Labute approximate surface area is 49.8 Å². The molecule has 1 heterocycles. The molecule has 0 saturated carbocycles. The van der Waals surface area contributed by atoms with E-state index in [4.69, 9.17) is 11.6 Å². The van der Waals surface area contributed by atoms with Crippen LogP contribution in [0.1, 0.15) is 19.3 Å². The van der Waals surface area contributed by atoms with Crippen LogP contribution >= 0.6 is 0 Å². The van der Waals surface area contributed by atoms with Gasteiger partial charge >= 0.3 is 0 Å². The van der Waals surface area contributed by atoms with Crippen molar-refractivity contribution in [3.63, 3.8) is 0 Å². The highest BCUT2D eigenvalue weighted by molar-refractivity contribution is 4.64. The number of hydrogen-bond donors (Lipinski definition) is 3. The number of nitrogens with one attached hydrogen (secondary N) is 1. The van der Waals surface area contributed by atoms with Crippen LogP contribution in [0.3, 0.4) is 0 Å². The molecule has 0 aromatic rings. The van der Waals surface area contributed by atoms with Gasteiger partial charge in [-0.05, 0) is 19.3 Å². The summed E-state index contributed by atoms with van der Waals surface area (Å²) in [7, 11) is 0. The molecule has 1 aliphatic heterocycles. The van der Waals surface area contributed by atoms with Gasteiger partial charge in [-0.3, -0.25) is 5.31 Å². The van der Waals surface area contributed by atoms with Gasteiger partial charge < -0.3 is 10.2 Å². The van der Waals surface area contributed by atoms with Crippen molar-refractivity contribution in [2.24, 2.45) is 0 Å². The minimum atomic E-state index is -0.770. The molecular formula is C5H11NO2. The van der Waals surface area contributed by atoms with E-state index in [1.54, 1.807) is 0 Å². The molecule has 1 rings (SSSR count). The van der Waals surface area contributed by atoms with Crippen LogP contribution in [0.4, 0.5) is 0 Å². The number of hydrogen-bond acceptors (Lipinski definition) is 3. The van der Waals surface area contributed by atoms with Gasteiger partial charge in [0.2, 0.25) is 0 Å². The van der Waals surface area contributed by atoms with Gasteiger partial charge in [-0.2, -0.15) is 0 Å². The smallest absolute Gasteiger partial charge is 0.127 e. The summed E-state index contributed by atoms with van der Waals surface area (Å²) in [5.41, 5.74) is 0. The molecule has 1 fully saturated rings. The Hall–Kier alpha value is -0.120. The fourth-order valence-electron chi connectivity index (χ4n) is 0.831. The summed E-state index contributed by atoms with van der Waals surface area (Å²) >= 11 is 0. The van der Waals surface area contributed by atoms with Crippen molar-refractivity contribution in [2.45, 2.75) is 31.7 Å². The highest BCUT2D eigenvalue weighted by Crippen LogP contribution is 2.07. The van der Waals surface area contributed by atoms with Crippen molar-refractivity contribution in [2.75, 3.05) is 0 Å². The van der Waals surface area contributed by atoms with Gasteiger partial charge in [0, 0.05) is 0 Å². The molecule has 2 atom stereocenters. The lowest BCUT2D eigenvalue weighted by Gasteiger charge is -2.23. The molecule has 3 nitrogen and oxygen atoms in total. The Bertz CT molecular complexity index is 91.0. The maximum atomic E-state index is 8.93. The maximum Gasteiger partial charge on any atom is 0.127 e. The summed E-state index contributed by atoms with van der Waals surface area (Å²) in [6, 6.07) is 0. The molecule has 0 bridgehead atoms. The number of piperidine rings is 1. The molecule has 2 unspecified atom stereocenters. The number of aliphatic hydroxyl groups excluding tert-OH is 2. The predicted octanol–water partition coefficient (Wildman–Crippen LogP) is -0.603. The topological polar surface area (TPSA) is 52.5 Å². The van der Waals surface area contributed by atoms with Crippen LogP contribution in [-0.2, 0) is 0 Å². The van der Waals surface area contributed by atoms with Crippen LogP contribution in [0.15, 0.2) is 0 Å². The number of aliphatic hydroxyl groups is 2. The first kappa shape index (κ1) is 4.73. The van der Waals surface area contributed by atoms with E-state index < -0.39 is 12.5 Å². The zero-order valence-electron chi connectivity index (χ0n) is 5.62. The van der Waals surface area contributed by atoms with E-state index >= 15 is 0 Å². The third-order valence-electron chi connectivity index (χ3n) is 1.27. The average molecular weight is 118 g/mol. The third kappa shape index (κ3) is 1.43. The van der Waals surface area contributed by atoms with Crippen LogP contribution < -0.4 is 5.31 Å². The highest BCUT2D eigenvalue weighted by atomic mass is 16.3. The number of rotatable bonds is 0. The van der Waals surface area contributed by atoms with Crippen molar-refractivity contribution in [1.82, 2.24) is 5.31 Å². The van der Waals surface area contributed by atoms with Crippen LogP contribution in [0, 0.1) is 0 Å². The zero-order chi connectivity index (χ0) is 6.85. The molecule has 0 aliphatic carbocycles. The van der Waals surface area contributed by atoms with E-state index in [0.29, 0.717) is 12.8 Å². The normalized spacial score (nSPS) is 44.0. The van der Waals surface area contributed by atoms with Gasteiger partial charge in [0.05, 0.1) is 0 Å². The second-order valence-corrected chi connectivity index (χ2v) is 2.04. The first-order valence-corrected chi connectivity index (χ1v) is 2.85. The molecule has 3 N–H and O–H groups in total. The fraction of sp³-hybridized carbons (Fsp3) is 1.00. The molecular weight excluding hydrogens is 106 g/mol. The quantitative estimate of drug-likeness (QED) is 0.398. The average Bonchev–Trinajstić information content (AvgIpc) is 1.83. The molecule has 0 aromatic heterocycles. The largest absolute Gasteiger partial charge is 0.379 e. The Kier molecular flexibility index (Phi) is 1.44. The summed E-state index contributed by atoms with van der Waals surface area (Å²) in [5.74, 6) is 0. The molecule has 0 amide bonds. The molecule has 48 valence electrons. The third-order valence-corrected chi connectivity index (χ3v) is 1.27. The fourth-order valence-corrected chi connectivity index (χ4v) is 0.831. The lowest BCUT2D eigenvalue weighted by Crippen LogP contribution is -2.41. The van der Waals surface area contributed by atoms with Gasteiger partial charge in [0.25, 0.3) is 0 Å². The summed E-state index contributed by atoms with van der Waals surface area (Å²) in [4.78, 5) is 0. The van der Waals surface area contributed by atoms with Crippen LogP contribution in [-0.4, -0.2) is 22.7 Å². The van der Waals surface area contributed by atoms with E-state index in [1.807, 2.05) is 0 Å². The summed E-state index contributed by atoms with van der Waals surface area (Å²) in [6.07, 6.45) is 0.459. The van der Waals surface area contributed by atoms with E-state index in [0.717, 1.165) is 11.7 Å². The standard InChI is InChI=1S/C5H11NO2/c7-4-2-1-3-5(8)6-4/h4-8H,1-3H2/i/hD. The minimum Gasteiger partial charge on any atom is -0.379 e. The molecule has 8 heavy (non-hydrogen) atoms. The van der Waals surface area contributed by atoms with Crippen molar-refractivity contribution < 1.29 is 11.6 Å². The minimum absolute atomic E-state index is 0.598. The second kappa shape index (κ2) is 2.44. The lowest BCUT2D eigenvalue weighted by molar-refractivity contribution is 0.00435. The van der Waals surface area contributed by atoms with Crippen LogP contribution in [0.2, 0.25) is 1.41 Å². The molecule has 1 saturated heterocycles. The van der Waals surface area contributed by atoms with Gasteiger partial charge in [-0.15, -0.1) is 0 Å². The Morgan fingerprint density at radius 3 is 2.25 bits per heavy atom. The molecule has 0 aromatic carbocycles. The van der Waals surface area contributed by atoms with Gasteiger partial charge in [0.15, 0.2) is 0 Å². The first-order chi connectivity index (χ1) is 4.22. The highest BCUT2D eigenvalue weighted by Gasteiger charge is 2.14. The molecule has 3 heteroatoms. The first-order valence-electron chi connectivity index (χ1n) is 3.30. The summed E-state index contributed by atoms with van der Waals surface area (Å²) in [6.45, 7) is 0. The van der Waals surface area contributed by atoms with Gasteiger partial charge in [-0.1, -0.05) is 0 Å². The Morgan fingerprint density at radius 1 is 1.38 bits per heavy atom. The van der Waals surface area contributed by atoms with Crippen molar-refractivity contribution in [1.29, 1.82) is 0 Å². The maximum absolute atomic E-state index is 8.93.